The van der Waals surface area contributed by atoms with Crippen molar-refractivity contribution in [1.29, 1.82) is 0 Å². The molecule has 30 heavy (non-hydrogen) atoms. The summed E-state index contributed by atoms with van der Waals surface area (Å²) in [6, 6.07) is 6.33. The summed E-state index contributed by atoms with van der Waals surface area (Å²) in [5, 5.41) is 3.04. The van der Waals surface area contributed by atoms with Crippen molar-refractivity contribution in [3.05, 3.63) is 30.1 Å². The van der Waals surface area contributed by atoms with E-state index in [1.165, 1.54) is 12.8 Å². The molecule has 2 aliphatic heterocycles. The average molecular weight is 413 g/mol. The first-order valence-electron chi connectivity index (χ1n) is 11.7. The fraction of sp³-hybridized carbons (Fsp3) is 0.708. The number of piperidine rings is 2. The highest BCUT2D eigenvalue weighted by atomic mass is 16.2. The lowest BCUT2D eigenvalue weighted by molar-refractivity contribution is -0.133. The lowest BCUT2D eigenvalue weighted by Crippen LogP contribution is -2.50. The quantitative estimate of drug-likeness (QED) is 0.748. The third kappa shape index (κ3) is 5.60. The number of hydrogen-bond donors (Lipinski definition) is 1. The van der Waals surface area contributed by atoms with Crippen molar-refractivity contribution in [3.63, 3.8) is 0 Å². The normalized spacial score (nSPS) is 22.6. The fourth-order valence-electron chi connectivity index (χ4n) is 4.86. The molecule has 1 aromatic rings. The minimum absolute atomic E-state index is 0.107. The van der Waals surface area contributed by atoms with Crippen LogP contribution in [0.15, 0.2) is 24.4 Å². The van der Waals surface area contributed by atoms with Crippen LogP contribution in [0.4, 0.5) is 0 Å². The molecule has 1 aliphatic carbocycles. The number of nitrogens with zero attached hydrogens (tertiary/aromatic N) is 3. The van der Waals surface area contributed by atoms with Gasteiger partial charge in [0.1, 0.15) is 0 Å². The summed E-state index contributed by atoms with van der Waals surface area (Å²) in [5.41, 5.74) is 1.36. The van der Waals surface area contributed by atoms with Gasteiger partial charge in [0.05, 0.1) is 12.2 Å². The van der Waals surface area contributed by atoms with Gasteiger partial charge in [-0.05, 0) is 75.6 Å². The molecule has 2 saturated heterocycles. The summed E-state index contributed by atoms with van der Waals surface area (Å²) in [7, 11) is 0. The predicted molar refractivity (Wildman–Crippen MR) is 117 cm³/mol. The number of carbonyl (C=O) groups is 2. The van der Waals surface area contributed by atoms with Crippen LogP contribution in [0.25, 0.3) is 0 Å². The Balaban J connectivity index is 1.14. The molecule has 1 saturated carbocycles. The Labute approximate surface area is 180 Å². The number of aromatic nitrogens is 1. The zero-order valence-corrected chi connectivity index (χ0v) is 18.3. The topological polar surface area (TPSA) is 65.5 Å². The maximum Gasteiger partial charge on any atom is 0.223 e. The van der Waals surface area contributed by atoms with Crippen LogP contribution < -0.4 is 5.32 Å². The van der Waals surface area contributed by atoms with Crippen molar-refractivity contribution in [2.45, 2.75) is 70.9 Å². The second kappa shape index (κ2) is 9.46. The van der Waals surface area contributed by atoms with E-state index < -0.39 is 0 Å². The van der Waals surface area contributed by atoms with Crippen LogP contribution >= 0.6 is 0 Å². The Hall–Kier alpha value is -1.95. The van der Waals surface area contributed by atoms with Gasteiger partial charge in [0, 0.05) is 37.7 Å². The lowest BCUT2D eigenvalue weighted by atomic mass is 9.92. The molecule has 4 rings (SSSR count). The number of likely N-dealkylation sites (tertiary alicyclic amines) is 2. The smallest absolute Gasteiger partial charge is 0.223 e. The Morgan fingerprint density at radius 2 is 1.83 bits per heavy atom. The standard InChI is InChI=1S/C24H36N4O2/c1-24(11-12-24)10-5-22(29)28-16-8-21(9-17-28)27-14-6-19(7-15-27)23(30)26-18-20-4-2-3-13-25-20/h2-4,13,19,21H,5-12,14-18H2,1H3,(H,26,30). The van der Waals surface area contributed by atoms with E-state index in [0.29, 0.717) is 23.9 Å². The van der Waals surface area contributed by atoms with Crippen LogP contribution in [-0.2, 0) is 16.1 Å². The second-order valence-electron chi connectivity index (χ2n) is 9.77. The molecule has 3 aliphatic rings. The Bertz CT molecular complexity index is 718. The van der Waals surface area contributed by atoms with Gasteiger partial charge < -0.3 is 15.1 Å². The molecule has 6 heteroatoms. The van der Waals surface area contributed by atoms with Crippen molar-refractivity contribution in [3.8, 4) is 0 Å². The van der Waals surface area contributed by atoms with Crippen LogP contribution in [0.1, 0.15) is 64.0 Å². The lowest BCUT2D eigenvalue weighted by Gasteiger charge is -2.41. The molecular weight excluding hydrogens is 376 g/mol. The van der Waals surface area contributed by atoms with Crippen LogP contribution in [0.2, 0.25) is 0 Å². The van der Waals surface area contributed by atoms with Gasteiger partial charge in [-0.3, -0.25) is 14.6 Å². The maximum absolute atomic E-state index is 12.5. The molecule has 3 fully saturated rings. The minimum atomic E-state index is 0.107. The average Bonchev–Trinajstić information content (AvgIpc) is 3.54. The van der Waals surface area contributed by atoms with E-state index in [2.05, 4.69) is 27.0 Å². The monoisotopic (exact) mass is 412 g/mol. The van der Waals surface area contributed by atoms with Crippen LogP contribution in [0, 0.1) is 11.3 Å². The number of hydrogen-bond acceptors (Lipinski definition) is 4. The van der Waals surface area contributed by atoms with Crippen LogP contribution in [0.3, 0.4) is 0 Å². The van der Waals surface area contributed by atoms with Crippen LogP contribution in [0.5, 0.6) is 0 Å². The molecular formula is C24H36N4O2. The van der Waals surface area contributed by atoms with E-state index in [-0.39, 0.29) is 11.8 Å². The zero-order valence-electron chi connectivity index (χ0n) is 18.3. The van der Waals surface area contributed by atoms with Gasteiger partial charge in [0.15, 0.2) is 0 Å². The number of pyridine rings is 1. The molecule has 164 valence electrons. The highest BCUT2D eigenvalue weighted by Gasteiger charge is 2.38. The third-order valence-corrected chi connectivity index (χ3v) is 7.45. The molecule has 1 N–H and O–H groups in total. The largest absolute Gasteiger partial charge is 0.350 e. The van der Waals surface area contributed by atoms with E-state index in [1.54, 1.807) is 6.20 Å². The zero-order chi connectivity index (χ0) is 21.0. The van der Waals surface area contributed by atoms with E-state index in [4.69, 9.17) is 0 Å². The fourth-order valence-corrected chi connectivity index (χ4v) is 4.86. The second-order valence-corrected chi connectivity index (χ2v) is 9.77. The number of amides is 2. The molecule has 0 atom stereocenters. The van der Waals surface area contributed by atoms with Gasteiger partial charge >= 0.3 is 0 Å². The van der Waals surface area contributed by atoms with Crippen molar-refractivity contribution in [2.75, 3.05) is 26.2 Å². The third-order valence-electron chi connectivity index (χ3n) is 7.45. The molecule has 0 unspecified atom stereocenters. The van der Waals surface area contributed by atoms with Gasteiger partial charge in [-0.1, -0.05) is 13.0 Å². The first-order valence-corrected chi connectivity index (χ1v) is 11.7. The van der Waals surface area contributed by atoms with Crippen molar-refractivity contribution < 1.29 is 9.59 Å². The van der Waals surface area contributed by atoms with Gasteiger partial charge in [-0.2, -0.15) is 0 Å². The van der Waals surface area contributed by atoms with Gasteiger partial charge in [-0.15, -0.1) is 0 Å². The van der Waals surface area contributed by atoms with Gasteiger partial charge in [0.2, 0.25) is 11.8 Å². The van der Waals surface area contributed by atoms with Gasteiger partial charge in [-0.25, -0.2) is 0 Å². The predicted octanol–water partition coefficient (Wildman–Crippen LogP) is 2.98. The Morgan fingerprint density at radius 1 is 1.10 bits per heavy atom. The van der Waals surface area contributed by atoms with Crippen LogP contribution in [-0.4, -0.2) is 58.8 Å². The first-order chi connectivity index (χ1) is 14.5. The molecule has 0 aromatic carbocycles. The Kier molecular flexibility index (Phi) is 6.71. The maximum atomic E-state index is 12.5. The number of rotatable bonds is 7. The molecule has 6 nitrogen and oxygen atoms in total. The van der Waals surface area contributed by atoms with E-state index in [9.17, 15) is 9.59 Å². The summed E-state index contributed by atoms with van der Waals surface area (Å²) < 4.78 is 0. The van der Waals surface area contributed by atoms with E-state index in [0.717, 1.165) is 70.4 Å². The SMILES string of the molecule is CC1(CCC(=O)N2CCC(N3CCC(C(=O)NCc4ccccn4)CC3)CC2)CC1. The summed E-state index contributed by atoms with van der Waals surface area (Å²) >= 11 is 0. The highest BCUT2D eigenvalue weighted by molar-refractivity contribution is 5.78. The van der Waals surface area contributed by atoms with E-state index >= 15 is 0 Å². The summed E-state index contributed by atoms with van der Waals surface area (Å²) in [6.45, 7) is 6.56. The molecule has 3 heterocycles. The summed E-state index contributed by atoms with van der Waals surface area (Å²) in [4.78, 5) is 33.9. The number of nitrogens with one attached hydrogen (secondary N) is 1. The molecule has 1 aromatic heterocycles. The molecule has 0 bridgehead atoms. The minimum Gasteiger partial charge on any atom is -0.350 e. The highest BCUT2D eigenvalue weighted by Crippen LogP contribution is 2.49. The Morgan fingerprint density at radius 3 is 2.47 bits per heavy atom. The van der Waals surface area contributed by atoms with Crippen molar-refractivity contribution in [2.24, 2.45) is 11.3 Å². The van der Waals surface area contributed by atoms with Crippen molar-refractivity contribution >= 4 is 11.8 Å². The van der Waals surface area contributed by atoms with Crippen molar-refractivity contribution in [1.82, 2.24) is 20.1 Å². The molecule has 2 amide bonds. The summed E-state index contributed by atoms with van der Waals surface area (Å²) in [6.07, 6.45) is 10.1. The molecule has 0 radical (unpaired) electrons. The van der Waals surface area contributed by atoms with Gasteiger partial charge in [0.25, 0.3) is 0 Å². The van der Waals surface area contributed by atoms with E-state index in [1.807, 2.05) is 18.2 Å². The summed E-state index contributed by atoms with van der Waals surface area (Å²) in [5.74, 6) is 0.616. The first kappa shape index (κ1) is 21.3. The number of carbonyl (C=O) groups excluding carboxylic acids is 2. The molecule has 0 spiro atoms.